The third-order valence-corrected chi connectivity index (χ3v) is 4.65. The normalized spacial score (nSPS) is 29.2. The molecule has 0 bridgehead atoms. The number of rotatable bonds is 2. The average molecular weight is 347 g/mol. The van der Waals surface area contributed by atoms with Gasteiger partial charge in [0.25, 0.3) is 0 Å². The van der Waals surface area contributed by atoms with Gasteiger partial charge < -0.3 is 9.67 Å². The maximum atomic E-state index is 11.2. The van der Waals surface area contributed by atoms with Gasteiger partial charge in [-0.05, 0) is 46.9 Å². The Hall–Kier alpha value is -0.520. The van der Waals surface area contributed by atoms with E-state index in [1.54, 1.807) is 6.07 Å². The summed E-state index contributed by atoms with van der Waals surface area (Å²) in [6.07, 6.45) is 5.53. The second kappa shape index (κ2) is 5.00. The van der Waals surface area contributed by atoms with Crippen LogP contribution < -0.4 is 0 Å². The van der Waals surface area contributed by atoms with E-state index in [1.165, 1.54) is 12.8 Å². The molecular weight excluding hydrogens is 329 g/mol. The molecule has 1 aliphatic rings. The van der Waals surface area contributed by atoms with Crippen LogP contribution >= 0.6 is 22.6 Å². The van der Waals surface area contributed by atoms with Crippen LogP contribution in [0.15, 0.2) is 12.3 Å². The van der Waals surface area contributed by atoms with Crippen LogP contribution in [0.5, 0.6) is 0 Å². The van der Waals surface area contributed by atoms with Crippen LogP contribution in [0.25, 0.3) is 0 Å². The molecule has 2 rings (SSSR count). The fraction of sp³-hybridized carbons (Fsp3) is 0.615. The molecule has 94 valence electrons. The van der Waals surface area contributed by atoms with Crippen LogP contribution in [0.1, 0.15) is 49.6 Å². The Morgan fingerprint density at radius 3 is 2.82 bits per heavy atom. The number of hydrogen-bond donors (Lipinski definition) is 1. The Morgan fingerprint density at radius 2 is 2.18 bits per heavy atom. The van der Waals surface area contributed by atoms with Crippen molar-refractivity contribution >= 4 is 28.6 Å². The summed E-state index contributed by atoms with van der Waals surface area (Å²) in [6.45, 7) is 4.51. The molecule has 1 aromatic rings. The highest BCUT2D eigenvalue weighted by Gasteiger charge is 2.30. The summed E-state index contributed by atoms with van der Waals surface area (Å²) < 4.78 is 2.98. The molecule has 1 aliphatic carbocycles. The van der Waals surface area contributed by atoms with Gasteiger partial charge >= 0.3 is 5.97 Å². The minimum Gasteiger partial charge on any atom is -0.477 e. The summed E-state index contributed by atoms with van der Waals surface area (Å²) in [6, 6.07) is 2.10. The van der Waals surface area contributed by atoms with Crippen molar-refractivity contribution in [3.63, 3.8) is 0 Å². The fourth-order valence-corrected chi connectivity index (χ4v) is 3.43. The molecule has 1 saturated carbocycles. The monoisotopic (exact) mass is 347 g/mol. The highest BCUT2D eigenvalue weighted by Crippen LogP contribution is 2.38. The molecule has 3 unspecified atom stereocenters. The van der Waals surface area contributed by atoms with E-state index >= 15 is 0 Å². The van der Waals surface area contributed by atoms with Gasteiger partial charge in [0.15, 0.2) is 0 Å². The van der Waals surface area contributed by atoms with Crippen molar-refractivity contribution in [2.24, 2.45) is 11.8 Å². The van der Waals surface area contributed by atoms with Crippen LogP contribution in [0, 0.1) is 15.4 Å². The average Bonchev–Trinajstić information content (AvgIpc) is 2.64. The lowest BCUT2D eigenvalue weighted by molar-refractivity contribution is 0.0674. The van der Waals surface area contributed by atoms with Crippen molar-refractivity contribution in [3.8, 4) is 0 Å². The molecule has 0 radical (unpaired) electrons. The first kappa shape index (κ1) is 12.9. The molecule has 0 saturated heterocycles. The number of carboxylic acid groups (broad SMARTS) is 1. The summed E-state index contributed by atoms with van der Waals surface area (Å²) in [5, 5.41) is 9.24. The predicted octanol–water partition coefficient (Wildman–Crippen LogP) is 3.79. The minimum absolute atomic E-state index is 0.341. The standard InChI is InChI=1S/C13H18INO2/c1-8-4-3-5-11(9(8)2)15-7-10(14)6-12(15)13(16)17/h6-9,11H,3-5H2,1-2H3,(H,16,17). The Bertz CT molecular complexity index is 427. The fourth-order valence-electron chi connectivity index (χ4n) is 2.84. The van der Waals surface area contributed by atoms with E-state index in [4.69, 9.17) is 0 Å². The van der Waals surface area contributed by atoms with Crippen molar-refractivity contribution in [1.82, 2.24) is 4.57 Å². The number of carboxylic acids is 1. The van der Waals surface area contributed by atoms with Crippen molar-refractivity contribution in [2.45, 2.75) is 39.2 Å². The van der Waals surface area contributed by atoms with Gasteiger partial charge in [-0.1, -0.05) is 26.7 Å². The first-order valence-electron chi connectivity index (χ1n) is 6.11. The number of carbonyl (C=O) groups is 1. The molecule has 4 heteroatoms. The van der Waals surface area contributed by atoms with Gasteiger partial charge in [-0.25, -0.2) is 4.79 Å². The van der Waals surface area contributed by atoms with Gasteiger partial charge in [-0.3, -0.25) is 0 Å². The Balaban J connectivity index is 2.35. The van der Waals surface area contributed by atoms with E-state index in [9.17, 15) is 9.90 Å². The van der Waals surface area contributed by atoms with Crippen molar-refractivity contribution in [3.05, 3.63) is 21.5 Å². The molecule has 3 nitrogen and oxygen atoms in total. The highest BCUT2D eigenvalue weighted by molar-refractivity contribution is 14.1. The van der Waals surface area contributed by atoms with Gasteiger partial charge in [0, 0.05) is 15.8 Å². The zero-order valence-corrected chi connectivity index (χ0v) is 12.3. The van der Waals surface area contributed by atoms with Crippen LogP contribution in [0.3, 0.4) is 0 Å². The lowest BCUT2D eigenvalue weighted by atomic mass is 9.78. The molecule has 0 aliphatic heterocycles. The second-order valence-electron chi connectivity index (χ2n) is 5.09. The van der Waals surface area contributed by atoms with Gasteiger partial charge in [-0.2, -0.15) is 0 Å². The Kier molecular flexibility index (Phi) is 3.80. The highest BCUT2D eigenvalue weighted by atomic mass is 127. The number of nitrogens with zero attached hydrogens (tertiary/aromatic N) is 1. The Morgan fingerprint density at radius 1 is 1.47 bits per heavy atom. The largest absolute Gasteiger partial charge is 0.477 e. The van der Waals surface area contributed by atoms with Crippen molar-refractivity contribution < 1.29 is 9.90 Å². The number of hydrogen-bond acceptors (Lipinski definition) is 1. The number of aromatic nitrogens is 1. The minimum atomic E-state index is -0.821. The second-order valence-corrected chi connectivity index (χ2v) is 6.34. The topological polar surface area (TPSA) is 42.2 Å². The van der Waals surface area contributed by atoms with Crippen LogP contribution in [0.4, 0.5) is 0 Å². The van der Waals surface area contributed by atoms with Gasteiger partial charge in [0.2, 0.25) is 0 Å². The molecule has 0 spiro atoms. The zero-order chi connectivity index (χ0) is 12.6. The lowest BCUT2D eigenvalue weighted by Crippen LogP contribution is -2.28. The zero-order valence-electron chi connectivity index (χ0n) is 10.2. The molecule has 0 aromatic carbocycles. The molecule has 1 heterocycles. The first-order valence-corrected chi connectivity index (χ1v) is 7.19. The lowest BCUT2D eigenvalue weighted by Gasteiger charge is -2.35. The SMILES string of the molecule is CC1CCCC(n2cc(I)cc2C(=O)O)C1C. The predicted molar refractivity (Wildman–Crippen MR) is 75.3 cm³/mol. The van der Waals surface area contributed by atoms with Gasteiger partial charge in [0.1, 0.15) is 5.69 Å². The number of aromatic carboxylic acids is 1. The summed E-state index contributed by atoms with van der Waals surface area (Å²) >= 11 is 2.18. The van der Waals surface area contributed by atoms with E-state index in [2.05, 4.69) is 36.4 Å². The van der Waals surface area contributed by atoms with Crippen LogP contribution in [-0.4, -0.2) is 15.6 Å². The molecule has 1 N–H and O–H groups in total. The summed E-state index contributed by atoms with van der Waals surface area (Å²) in [5.74, 6) is 0.402. The maximum Gasteiger partial charge on any atom is 0.352 e. The van der Waals surface area contributed by atoms with Crippen LogP contribution in [-0.2, 0) is 0 Å². The summed E-state index contributed by atoms with van der Waals surface area (Å²) in [5.41, 5.74) is 0.431. The third kappa shape index (κ3) is 2.51. The van der Waals surface area contributed by atoms with Gasteiger partial charge in [-0.15, -0.1) is 0 Å². The van der Waals surface area contributed by atoms with Crippen molar-refractivity contribution in [2.75, 3.05) is 0 Å². The van der Waals surface area contributed by atoms with E-state index < -0.39 is 5.97 Å². The molecule has 0 amide bonds. The van der Waals surface area contributed by atoms with E-state index in [0.29, 0.717) is 23.6 Å². The molecule has 3 atom stereocenters. The molecule has 17 heavy (non-hydrogen) atoms. The van der Waals surface area contributed by atoms with E-state index in [1.807, 2.05) is 10.8 Å². The molecule has 1 aromatic heterocycles. The summed E-state index contributed by atoms with van der Waals surface area (Å²) in [7, 11) is 0. The maximum absolute atomic E-state index is 11.2. The third-order valence-electron chi connectivity index (χ3n) is 4.06. The quantitative estimate of drug-likeness (QED) is 0.828. The van der Waals surface area contributed by atoms with E-state index in [-0.39, 0.29) is 0 Å². The first-order chi connectivity index (χ1) is 8.00. The Labute approximate surface area is 115 Å². The summed E-state index contributed by atoms with van der Waals surface area (Å²) in [4.78, 5) is 11.2. The van der Waals surface area contributed by atoms with Crippen molar-refractivity contribution in [1.29, 1.82) is 0 Å². The number of halogens is 1. The molecular formula is C13H18INO2. The van der Waals surface area contributed by atoms with Crippen LogP contribution in [0.2, 0.25) is 0 Å². The van der Waals surface area contributed by atoms with Gasteiger partial charge in [0.05, 0.1) is 0 Å². The molecule has 1 fully saturated rings. The smallest absolute Gasteiger partial charge is 0.352 e. The van der Waals surface area contributed by atoms with E-state index in [0.717, 1.165) is 9.99 Å².